The summed E-state index contributed by atoms with van der Waals surface area (Å²) in [6.45, 7) is 3.68. The van der Waals surface area contributed by atoms with Crippen LogP contribution in [-0.2, 0) is 9.78 Å². The Morgan fingerprint density at radius 1 is 1.43 bits per heavy atom. The maximum absolute atomic E-state index is 4.68. The van der Waals surface area contributed by atoms with Gasteiger partial charge in [0.25, 0.3) is 0 Å². The van der Waals surface area contributed by atoms with E-state index in [9.17, 15) is 0 Å². The predicted octanol–water partition coefficient (Wildman–Crippen LogP) is 0.974. The van der Waals surface area contributed by atoms with Gasteiger partial charge in [-0.05, 0) is 12.3 Å². The van der Waals surface area contributed by atoms with E-state index < -0.39 is 0 Å². The van der Waals surface area contributed by atoms with E-state index in [4.69, 9.17) is 0 Å². The van der Waals surface area contributed by atoms with Gasteiger partial charge in [0.15, 0.2) is 0 Å². The third kappa shape index (κ3) is 1.45. The minimum atomic E-state index is 0.689. The van der Waals surface area contributed by atoms with Gasteiger partial charge in [-0.25, -0.2) is 9.78 Å². The largest absolute Gasteiger partial charge is 0.237 e. The van der Waals surface area contributed by atoms with E-state index in [2.05, 4.69) is 16.7 Å². The fourth-order valence-electron chi connectivity index (χ4n) is 0.556. The summed E-state index contributed by atoms with van der Waals surface area (Å²) in [6, 6.07) is 0. The summed E-state index contributed by atoms with van der Waals surface area (Å²) in [6.07, 6.45) is 1.14. The average Bonchev–Trinajstić information content (AvgIpc) is 1.69. The lowest BCUT2D eigenvalue weighted by molar-refractivity contribution is -0.322. The third-order valence-electron chi connectivity index (χ3n) is 1.13. The van der Waals surface area contributed by atoms with Crippen LogP contribution in [0.2, 0.25) is 0 Å². The van der Waals surface area contributed by atoms with Gasteiger partial charge < -0.3 is 0 Å². The highest BCUT2D eigenvalue weighted by molar-refractivity contribution is 4.50. The Balaban J connectivity index is 2.12. The molecule has 1 unspecified atom stereocenters. The van der Waals surface area contributed by atoms with Gasteiger partial charge in [0, 0.05) is 0 Å². The number of hydrogen-bond acceptors (Lipinski definition) is 2. The second-order valence-electron chi connectivity index (χ2n) is 2.00. The van der Waals surface area contributed by atoms with Gasteiger partial charge in [-0.15, -0.1) is 0 Å². The first-order valence-corrected chi connectivity index (χ1v) is 2.64. The second-order valence-corrected chi connectivity index (χ2v) is 2.00. The third-order valence-corrected chi connectivity index (χ3v) is 1.13. The summed E-state index contributed by atoms with van der Waals surface area (Å²) in [5.41, 5.74) is 0. The molecule has 1 saturated heterocycles. The van der Waals surface area contributed by atoms with Crippen molar-refractivity contribution in [3.05, 3.63) is 0 Å². The maximum atomic E-state index is 4.68. The molecule has 1 aliphatic rings. The number of hydrogen-bond donors (Lipinski definition) is 0. The zero-order valence-electron chi connectivity index (χ0n) is 4.52. The molecule has 1 rings (SSSR count). The van der Waals surface area contributed by atoms with Crippen molar-refractivity contribution < 1.29 is 9.78 Å². The summed E-state index contributed by atoms with van der Waals surface area (Å²) in [4.78, 5) is 9.32. The van der Waals surface area contributed by atoms with Crippen LogP contribution in [0, 0.1) is 5.92 Å². The molecule has 0 aromatic heterocycles. The Hall–Kier alpha value is -0.0800. The molecule has 2 heteroatoms. The van der Waals surface area contributed by atoms with E-state index >= 15 is 0 Å². The molecule has 42 valence electrons. The highest BCUT2D eigenvalue weighted by Crippen LogP contribution is 2.07. The molecule has 0 bridgehead atoms. The molecule has 0 aromatic rings. The normalized spacial score (nSPS) is 33.0. The highest BCUT2D eigenvalue weighted by Gasteiger charge is 2.07. The van der Waals surface area contributed by atoms with Crippen molar-refractivity contribution in [1.82, 2.24) is 0 Å². The highest BCUT2D eigenvalue weighted by atomic mass is 17.2. The van der Waals surface area contributed by atoms with E-state index in [-0.39, 0.29) is 0 Å². The molecule has 0 aromatic carbocycles. The van der Waals surface area contributed by atoms with E-state index in [1.807, 2.05) is 0 Å². The molecule has 1 aliphatic heterocycles. The van der Waals surface area contributed by atoms with E-state index in [0.717, 1.165) is 19.6 Å². The quantitative estimate of drug-likeness (QED) is 0.424. The molecule has 0 amide bonds. The Labute approximate surface area is 43.3 Å². The molecule has 1 fully saturated rings. The van der Waals surface area contributed by atoms with Crippen molar-refractivity contribution in [3.8, 4) is 0 Å². The van der Waals surface area contributed by atoms with Gasteiger partial charge in [-0.3, -0.25) is 0 Å². The summed E-state index contributed by atoms with van der Waals surface area (Å²) < 4.78 is 0. The first-order valence-electron chi connectivity index (χ1n) is 2.64. The molecule has 7 heavy (non-hydrogen) atoms. The monoisotopic (exact) mass is 102 g/mol. The number of rotatable bonds is 0. The lowest BCUT2D eigenvalue weighted by Gasteiger charge is -2.15. The topological polar surface area (TPSA) is 18.5 Å². The lowest BCUT2D eigenvalue weighted by atomic mass is 10.1. The predicted molar refractivity (Wildman–Crippen MR) is 25.7 cm³/mol. The summed E-state index contributed by atoms with van der Waals surface area (Å²) >= 11 is 0. The van der Waals surface area contributed by atoms with Gasteiger partial charge in [0.05, 0.1) is 13.2 Å². The zero-order valence-corrected chi connectivity index (χ0v) is 4.52. The van der Waals surface area contributed by atoms with Crippen LogP contribution >= 0.6 is 0 Å². The van der Waals surface area contributed by atoms with Gasteiger partial charge in [-0.2, -0.15) is 0 Å². The fraction of sp³-hybridized carbons (Fsp3) is 1.00. The SMILES string of the molecule is CC1CCOOC1. The first kappa shape index (κ1) is 5.06. The van der Waals surface area contributed by atoms with E-state index in [1.165, 1.54) is 0 Å². The molecule has 0 aliphatic carbocycles. The Morgan fingerprint density at radius 3 is 2.57 bits per heavy atom. The van der Waals surface area contributed by atoms with Crippen LogP contribution in [0.1, 0.15) is 13.3 Å². The van der Waals surface area contributed by atoms with Crippen molar-refractivity contribution in [3.63, 3.8) is 0 Å². The van der Waals surface area contributed by atoms with Crippen molar-refractivity contribution in [1.29, 1.82) is 0 Å². The molecule has 0 spiro atoms. The second kappa shape index (κ2) is 2.28. The molecule has 0 saturated carbocycles. The zero-order chi connectivity index (χ0) is 5.11. The van der Waals surface area contributed by atoms with Crippen LogP contribution in [0.15, 0.2) is 0 Å². The lowest BCUT2D eigenvalue weighted by Crippen LogP contribution is -2.15. The minimum Gasteiger partial charge on any atom is -0.237 e. The molecule has 2 nitrogen and oxygen atoms in total. The molecule has 0 N–H and O–H groups in total. The fourth-order valence-corrected chi connectivity index (χ4v) is 0.556. The van der Waals surface area contributed by atoms with Crippen LogP contribution in [-0.4, -0.2) is 13.2 Å². The smallest absolute Gasteiger partial charge is 0.0848 e. The van der Waals surface area contributed by atoms with Crippen LogP contribution in [0.25, 0.3) is 0 Å². The Bertz CT molecular complexity index is 48.0. The van der Waals surface area contributed by atoms with Crippen LogP contribution < -0.4 is 0 Å². The van der Waals surface area contributed by atoms with Crippen LogP contribution in [0.3, 0.4) is 0 Å². The van der Waals surface area contributed by atoms with Crippen molar-refractivity contribution >= 4 is 0 Å². The van der Waals surface area contributed by atoms with Crippen molar-refractivity contribution in [2.24, 2.45) is 5.92 Å². The maximum Gasteiger partial charge on any atom is 0.0848 e. The van der Waals surface area contributed by atoms with Gasteiger partial charge in [-0.1, -0.05) is 6.92 Å². The Morgan fingerprint density at radius 2 is 2.29 bits per heavy atom. The molecule has 1 atom stereocenters. The molecular weight excluding hydrogens is 92.1 g/mol. The molecular formula is C5H10O2. The molecule has 0 radical (unpaired) electrons. The summed E-state index contributed by atoms with van der Waals surface area (Å²) in [5, 5.41) is 0. The standard InChI is InChI=1S/C5H10O2/c1-5-2-3-6-7-4-5/h5H,2-4H2,1H3. The van der Waals surface area contributed by atoms with E-state index in [0.29, 0.717) is 5.92 Å². The van der Waals surface area contributed by atoms with Crippen molar-refractivity contribution in [2.45, 2.75) is 13.3 Å². The summed E-state index contributed by atoms with van der Waals surface area (Å²) in [7, 11) is 0. The summed E-state index contributed by atoms with van der Waals surface area (Å²) in [5.74, 6) is 0.689. The van der Waals surface area contributed by atoms with Gasteiger partial charge in [0.2, 0.25) is 0 Å². The van der Waals surface area contributed by atoms with Crippen LogP contribution in [0.5, 0.6) is 0 Å². The van der Waals surface area contributed by atoms with Gasteiger partial charge in [0.1, 0.15) is 0 Å². The van der Waals surface area contributed by atoms with Crippen LogP contribution in [0.4, 0.5) is 0 Å². The Kier molecular flexibility index (Phi) is 1.65. The average molecular weight is 102 g/mol. The van der Waals surface area contributed by atoms with Crippen molar-refractivity contribution in [2.75, 3.05) is 13.2 Å². The minimum absolute atomic E-state index is 0.689. The molecule has 1 heterocycles. The van der Waals surface area contributed by atoms with Gasteiger partial charge >= 0.3 is 0 Å². The first-order chi connectivity index (χ1) is 3.39. The van der Waals surface area contributed by atoms with E-state index in [1.54, 1.807) is 0 Å².